The molecule has 0 aliphatic heterocycles. The molecule has 0 atom stereocenters. The first-order chi connectivity index (χ1) is 15.8. The zero-order valence-corrected chi connectivity index (χ0v) is 19.9. The fourth-order valence-corrected chi connectivity index (χ4v) is 3.73. The van der Waals surface area contributed by atoms with Gasteiger partial charge in [0, 0.05) is 13.2 Å². The first-order valence-corrected chi connectivity index (χ1v) is 12.2. The number of ether oxygens (including phenoxy) is 3. The highest BCUT2D eigenvalue weighted by molar-refractivity contribution is 5.64. The first kappa shape index (κ1) is 25.9. The molecule has 0 aromatic heterocycles. The summed E-state index contributed by atoms with van der Waals surface area (Å²) in [5, 5.41) is 8.90. The largest absolute Gasteiger partial charge is 0.494 e. The van der Waals surface area contributed by atoms with Crippen LogP contribution in [-0.4, -0.2) is 26.1 Å². The van der Waals surface area contributed by atoms with Crippen LogP contribution in [0.3, 0.4) is 0 Å². The van der Waals surface area contributed by atoms with Crippen molar-refractivity contribution in [3.05, 3.63) is 54.1 Å². The van der Waals surface area contributed by atoms with E-state index in [1.54, 1.807) is 0 Å². The Morgan fingerprint density at radius 3 is 1.72 bits per heavy atom. The summed E-state index contributed by atoms with van der Waals surface area (Å²) in [5.41, 5.74) is 2.92. The molecule has 174 valence electrons. The second-order valence-electron chi connectivity index (χ2n) is 8.02. The van der Waals surface area contributed by atoms with Crippen LogP contribution in [0.15, 0.2) is 48.5 Å². The van der Waals surface area contributed by atoms with Gasteiger partial charge in [-0.25, -0.2) is 0 Å². The van der Waals surface area contributed by atoms with E-state index >= 15 is 0 Å². The summed E-state index contributed by atoms with van der Waals surface area (Å²) in [5.74, 6) is 0.916. The van der Waals surface area contributed by atoms with E-state index in [1.807, 2.05) is 50.2 Å². The molecule has 0 aliphatic rings. The van der Waals surface area contributed by atoms with Gasteiger partial charge in [-0.2, -0.15) is 5.26 Å². The van der Waals surface area contributed by atoms with Gasteiger partial charge in [0.25, 0.3) is 0 Å². The van der Waals surface area contributed by atoms with Crippen LogP contribution in [0, 0.1) is 11.3 Å². The molecule has 32 heavy (non-hydrogen) atoms. The minimum Gasteiger partial charge on any atom is -0.494 e. The maximum absolute atomic E-state index is 8.90. The third-order valence-electron chi connectivity index (χ3n) is 5.51. The first-order valence-electron chi connectivity index (χ1n) is 12.2. The molecular weight excluding hydrogens is 398 g/mol. The van der Waals surface area contributed by atoms with Crippen molar-refractivity contribution >= 4 is 0 Å². The van der Waals surface area contributed by atoms with Gasteiger partial charge in [-0.1, -0.05) is 62.8 Å². The molecule has 2 aromatic rings. The summed E-state index contributed by atoms with van der Waals surface area (Å²) in [6.45, 7) is 6.25. The molecule has 0 unspecified atom stereocenters. The van der Waals surface area contributed by atoms with Crippen molar-refractivity contribution in [1.82, 2.24) is 0 Å². The maximum atomic E-state index is 8.90. The SMILES string of the molecule is CCOC(CCCCCCCCCCOc1ccc(-c2ccc(C#N)cc2)cc1)OCC. The summed E-state index contributed by atoms with van der Waals surface area (Å²) < 4.78 is 17.1. The van der Waals surface area contributed by atoms with Crippen LogP contribution >= 0.6 is 0 Å². The van der Waals surface area contributed by atoms with Gasteiger partial charge in [0.05, 0.1) is 18.2 Å². The average Bonchev–Trinajstić information content (AvgIpc) is 2.83. The summed E-state index contributed by atoms with van der Waals surface area (Å²) in [6, 6.07) is 18.0. The Labute approximate surface area is 194 Å². The molecule has 4 nitrogen and oxygen atoms in total. The molecule has 0 bridgehead atoms. The second-order valence-corrected chi connectivity index (χ2v) is 8.02. The normalized spacial score (nSPS) is 10.9. The number of hydrogen-bond acceptors (Lipinski definition) is 4. The monoisotopic (exact) mass is 437 g/mol. The third-order valence-corrected chi connectivity index (χ3v) is 5.51. The van der Waals surface area contributed by atoms with Crippen molar-refractivity contribution in [2.24, 2.45) is 0 Å². The fraction of sp³-hybridized carbons (Fsp3) is 0.536. The van der Waals surface area contributed by atoms with Crippen LogP contribution < -0.4 is 4.74 Å². The zero-order valence-electron chi connectivity index (χ0n) is 19.9. The Hall–Kier alpha value is -2.35. The molecule has 2 aromatic carbocycles. The summed E-state index contributed by atoms with van der Waals surface area (Å²) in [4.78, 5) is 0. The van der Waals surface area contributed by atoms with Crippen molar-refractivity contribution in [1.29, 1.82) is 5.26 Å². The number of benzene rings is 2. The highest BCUT2D eigenvalue weighted by Gasteiger charge is 2.06. The average molecular weight is 438 g/mol. The minimum atomic E-state index is -0.0165. The summed E-state index contributed by atoms with van der Waals surface area (Å²) in [7, 11) is 0. The number of rotatable bonds is 17. The minimum absolute atomic E-state index is 0.0165. The topological polar surface area (TPSA) is 51.5 Å². The van der Waals surface area contributed by atoms with Crippen LogP contribution in [0.4, 0.5) is 0 Å². The third kappa shape index (κ3) is 10.3. The van der Waals surface area contributed by atoms with Crippen molar-refractivity contribution in [3.8, 4) is 22.9 Å². The van der Waals surface area contributed by atoms with Crippen LogP contribution in [0.5, 0.6) is 5.75 Å². The predicted octanol–water partition coefficient (Wildman–Crippen LogP) is 7.51. The number of unbranched alkanes of at least 4 members (excludes halogenated alkanes) is 7. The lowest BCUT2D eigenvalue weighted by Gasteiger charge is -2.16. The number of nitriles is 1. The van der Waals surface area contributed by atoms with E-state index in [4.69, 9.17) is 19.5 Å². The lowest BCUT2D eigenvalue weighted by atomic mass is 10.0. The molecule has 0 amide bonds. The van der Waals surface area contributed by atoms with Crippen LogP contribution in [0.1, 0.15) is 77.2 Å². The molecule has 0 saturated carbocycles. The molecule has 0 heterocycles. The highest BCUT2D eigenvalue weighted by atomic mass is 16.7. The zero-order chi connectivity index (χ0) is 22.9. The predicted molar refractivity (Wildman–Crippen MR) is 131 cm³/mol. The lowest BCUT2D eigenvalue weighted by Crippen LogP contribution is -2.17. The maximum Gasteiger partial charge on any atom is 0.157 e. The van der Waals surface area contributed by atoms with Gasteiger partial charge in [-0.15, -0.1) is 0 Å². The smallest absolute Gasteiger partial charge is 0.157 e. The van der Waals surface area contributed by atoms with Crippen LogP contribution in [0.2, 0.25) is 0 Å². The van der Waals surface area contributed by atoms with Crippen molar-refractivity contribution in [3.63, 3.8) is 0 Å². The number of nitrogens with zero attached hydrogens (tertiary/aromatic N) is 1. The Morgan fingerprint density at radius 1 is 0.688 bits per heavy atom. The van der Waals surface area contributed by atoms with Crippen molar-refractivity contribution < 1.29 is 14.2 Å². The Kier molecular flexibility index (Phi) is 13.2. The Bertz CT molecular complexity index is 759. The highest BCUT2D eigenvalue weighted by Crippen LogP contribution is 2.23. The summed E-state index contributed by atoms with van der Waals surface area (Å²) >= 11 is 0. The van der Waals surface area contributed by atoms with Crippen molar-refractivity contribution in [2.45, 2.75) is 77.9 Å². The molecule has 0 radical (unpaired) electrons. The molecule has 0 N–H and O–H groups in total. The molecule has 0 fully saturated rings. The molecule has 0 aliphatic carbocycles. The number of hydrogen-bond donors (Lipinski definition) is 0. The quantitative estimate of drug-likeness (QED) is 0.190. The fourth-order valence-electron chi connectivity index (χ4n) is 3.73. The van der Waals surface area contributed by atoms with Crippen LogP contribution in [0.25, 0.3) is 11.1 Å². The van der Waals surface area contributed by atoms with E-state index in [2.05, 4.69) is 18.2 Å². The standard InChI is InChI=1S/C28H39NO3/c1-3-30-28(31-4-2)13-11-9-7-5-6-8-10-12-22-32-27-20-18-26(19-21-27)25-16-14-24(23-29)15-17-25/h14-21,28H,3-13,22H2,1-2H3. The van der Waals surface area contributed by atoms with E-state index in [9.17, 15) is 0 Å². The molecular formula is C28H39NO3. The van der Waals surface area contributed by atoms with Crippen molar-refractivity contribution in [2.75, 3.05) is 19.8 Å². The lowest BCUT2D eigenvalue weighted by molar-refractivity contribution is -0.140. The molecule has 0 saturated heterocycles. The molecule has 2 rings (SSSR count). The van der Waals surface area contributed by atoms with Gasteiger partial charge in [0.15, 0.2) is 6.29 Å². The Morgan fingerprint density at radius 2 is 1.19 bits per heavy atom. The van der Waals surface area contributed by atoms with E-state index in [-0.39, 0.29) is 6.29 Å². The van der Waals surface area contributed by atoms with E-state index in [1.165, 1.54) is 44.9 Å². The molecule has 0 spiro atoms. The van der Waals surface area contributed by atoms with E-state index in [0.717, 1.165) is 49.5 Å². The van der Waals surface area contributed by atoms with Gasteiger partial charge in [-0.05, 0) is 68.5 Å². The van der Waals surface area contributed by atoms with E-state index in [0.29, 0.717) is 5.56 Å². The second kappa shape index (κ2) is 16.3. The van der Waals surface area contributed by atoms with Gasteiger partial charge in [-0.3, -0.25) is 0 Å². The van der Waals surface area contributed by atoms with Crippen LogP contribution in [-0.2, 0) is 9.47 Å². The van der Waals surface area contributed by atoms with Gasteiger partial charge in [0.1, 0.15) is 5.75 Å². The summed E-state index contributed by atoms with van der Waals surface area (Å²) in [6.07, 6.45) is 11.0. The van der Waals surface area contributed by atoms with Gasteiger partial charge >= 0.3 is 0 Å². The Balaban J connectivity index is 1.48. The van der Waals surface area contributed by atoms with Gasteiger partial charge in [0.2, 0.25) is 0 Å². The van der Waals surface area contributed by atoms with E-state index < -0.39 is 0 Å². The molecule has 4 heteroatoms. The van der Waals surface area contributed by atoms with Gasteiger partial charge < -0.3 is 14.2 Å².